The van der Waals surface area contributed by atoms with Crippen molar-refractivity contribution in [1.82, 2.24) is 4.90 Å². The van der Waals surface area contributed by atoms with Crippen LogP contribution in [-0.4, -0.2) is 28.2 Å². The Morgan fingerprint density at radius 3 is 2.50 bits per heavy atom. The Labute approximate surface area is 144 Å². The van der Waals surface area contributed by atoms with Crippen LogP contribution < -0.4 is 0 Å². The SMILES string of the molecule is CCCCCN1C(=O)C(O)=C(C(=O)C(C)C)C1c1ccccc1C. The number of rotatable bonds is 7. The van der Waals surface area contributed by atoms with Gasteiger partial charge in [-0.05, 0) is 24.5 Å². The molecule has 0 aromatic heterocycles. The lowest BCUT2D eigenvalue weighted by Gasteiger charge is -2.28. The van der Waals surface area contributed by atoms with Crippen molar-refractivity contribution in [3.8, 4) is 0 Å². The van der Waals surface area contributed by atoms with Crippen LogP contribution >= 0.6 is 0 Å². The summed E-state index contributed by atoms with van der Waals surface area (Å²) in [5, 5.41) is 10.4. The zero-order valence-corrected chi connectivity index (χ0v) is 15.0. The molecule has 0 spiro atoms. The average Bonchev–Trinajstić information content (AvgIpc) is 2.79. The second-order valence-corrected chi connectivity index (χ2v) is 6.75. The predicted molar refractivity (Wildman–Crippen MR) is 94.7 cm³/mol. The maximum absolute atomic E-state index is 12.7. The largest absolute Gasteiger partial charge is 0.503 e. The molecular weight excluding hydrogens is 302 g/mol. The molecule has 24 heavy (non-hydrogen) atoms. The van der Waals surface area contributed by atoms with E-state index in [1.54, 1.807) is 18.7 Å². The van der Waals surface area contributed by atoms with Gasteiger partial charge in [0.05, 0.1) is 11.6 Å². The molecule has 1 aliphatic heterocycles. The first-order chi connectivity index (χ1) is 11.4. The van der Waals surface area contributed by atoms with E-state index in [1.165, 1.54) is 0 Å². The van der Waals surface area contributed by atoms with Gasteiger partial charge in [0.15, 0.2) is 11.5 Å². The third-order valence-electron chi connectivity index (χ3n) is 4.58. The number of unbranched alkanes of at least 4 members (excludes halogenated alkanes) is 2. The Hall–Kier alpha value is -2.10. The standard InChI is InChI=1S/C20H27NO3/c1-5-6-9-12-21-17(15-11-8-7-10-14(15)4)16(18(22)13(2)3)19(23)20(21)24/h7-8,10-11,13,17,23H,5-6,9,12H2,1-4H3. The minimum absolute atomic E-state index is 0.160. The molecular formula is C20H27NO3. The van der Waals surface area contributed by atoms with Gasteiger partial charge in [-0.25, -0.2) is 0 Å². The molecule has 1 aromatic carbocycles. The van der Waals surface area contributed by atoms with Crippen molar-refractivity contribution in [2.45, 2.75) is 53.0 Å². The molecule has 1 N–H and O–H groups in total. The minimum atomic E-state index is -0.481. The molecule has 130 valence electrons. The molecule has 1 aromatic rings. The summed E-state index contributed by atoms with van der Waals surface area (Å²) < 4.78 is 0. The Bertz CT molecular complexity index is 661. The van der Waals surface area contributed by atoms with Crippen LogP contribution in [0.5, 0.6) is 0 Å². The molecule has 1 heterocycles. The number of aliphatic hydroxyl groups excluding tert-OH is 1. The minimum Gasteiger partial charge on any atom is -0.503 e. The molecule has 0 radical (unpaired) electrons. The van der Waals surface area contributed by atoms with E-state index in [-0.39, 0.29) is 23.0 Å². The second-order valence-electron chi connectivity index (χ2n) is 6.75. The summed E-state index contributed by atoms with van der Waals surface area (Å²) in [6.45, 7) is 8.21. The van der Waals surface area contributed by atoms with E-state index >= 15 is 0 Å². The fourth-order valence-corrected chi connectivity index (χ4v) is 3.20. The van der Waals surface area contributed by atoms with E-state index in [0.717, 1.165) is 30.4 Å². The van der Waals surface area contributed by atoms with Crippen LogP contribution in [0.25, 0.3) is 0 Å². The van der Waals surface area contributed by atoms with Crippen LogP contribution in [0.3, 0.4) is 0 Å². The molecule has 4 heteroatoms. The molecule has 1 atom stereocenters. The predicted octanol–water partition coefficient (Wildman–Crippen LogP) is 4.11. The van der Waals surface area contributed by atoms with Gasteiger partial charge in [-0.1, -0.05) is 57.9 Å². The highest BCUT2D eigenvalue weighted by molar-refractivity contribution is 6.09. The van der Waals surface area contributed by atoms with E-state index in [4.69, 9.17) is 0 Å². The van der Waals surface area contributed by atoms with Gasteiger partial charge in [-0.3, -0.25) is 9.59 Å². The van der Waals surface area contributed by atoms with Crippen molar-refractivity contribution in [2.75, 3.05) is 6.54 Å². The summed E-state index contributed by atoms with van der Waals surface area (Å²) in [6.07, 6.45) is 2.92. The van der Waals surface area contributed by atoms with Crippen molar-refractivity contribution in [1.29, 1.82) is 0 Å². The zero-order valence-electron chi connectivity index (χ0n) is 15.0. The molecule has 0 fully saturated rings. The van der Waals surface area contributed by atoms with Gasteiger partial charge in [0.1, 0.15) is 0 Å². The first-order valence-electron chi connectivity index (χ1n) is 8.74. The number of hydrogen-bond donors (Lipinski definition) is 1. The number of carbonyl (C=O) groups is 2. The maximum atomic E-state index is 12.7. The number of aliphatic hydroxyl groups is 1. The Morgan fingerprint density at radius 2 is 1.92 bits per heavy atom. The van der Waals surface area contributed by atoms with E-state index in [9.17, 15) is 14.7 Å². The van der Waals surface area contributed by atoms with Crippen molar-refractivity contribution < 1.29 is 14.7 Å². The van der Waals surface area contributed by atoms with Gasteiger partial charge in [0.2, 0.25) is 0 Å². The van der Waals surface area contributed by atoms with Crippen LogP contribution in [0.4, 0.5) is 0 Å². The summed E-state index contributed by atoms with van der Waals surface area (Å²) >= 11 is 0. The maximum Gasteiger partial charge on any atom is 0.290 e. The van der Waals surface area contributed by atoms with E-state index < -0.39 is 11.9 Å². The third kappa shape index (κ3) is 3.37. The first kappa shape index (κ1) is 18.2. The molecule has 0 saturated carbocycles. The summed E-state index contributed by atoms with van der Waals surface area (Å²) in [7, 11) is 0. The quantitative estimate of drug-likeness (QED) is 0.766. The van der Waals surface area contributed by atoms with Crippen molar-refractivity contribution >= 4 is 11.7 Å². The number of benzene rings is 1. The number of carbonyl (C=O) groups excluding carboxylic acids is 2. The second kappa shape index (κ2) is 7.65. The molecule has 1 unspecified atom stereocenters. The highest BCUT2D eigenvalue weighted by atomic mass is 16.3. The summed E-state index contributed by atoms with van der Waals surface area (Å²) in [5.41, 5.74) is 2.18. The van der Waals surface area contributed by atoms with E-state index in [2.05, 4.69) is 6.92 Å². The van der Waals surface area contributed by atoms with Gasteiger partial charge < -0.3 is 10.0 Å². The third-order valence-corrected chi connectivity index (χ3v) is 4.58. The fourth-order valence-electron chi connectivity index (χ4n) is 3.20. The van der Waals surface area contributed by atoms with Gasteiger partial charge in [0.25, 0.3) is 5.91 Å². The molecule has 0 bridgehead atoms. The van der Waals surface area contributed by atoms with Crippen LogP contribution in [-0.2, 0) is 9.59 Å². The first-order valence-corrected chi connectivity index (χ1v) is 8.74. The summed E-state index contributed by atoms with van der Waals surface area (Å²) in [5.74, 6) is -1.23. The van der Waals surface area contributed by atoms with Crippen LogP contribution in [0.2, 0.25) is 0 Å². The van der Waals surface area contributed by atoms with E-state index in [1.807, 2.05) is 31.2 Å². The molecule has 1 aliphatic rings. The molecule has 2 rings (SSSR count). The van der Waals surface area contributed by atoms with Crippen LogP contribution in [0, 0.1) is 12.8 Å². The number of hydrogen-bond acceptors (Lipinski definition) is 3. The number of amides is 1. The summed E-state index contributed by atoms with van der Waals surface area (Å²) in [4.78, 5) is 26.9. The number of nitrogens with zero attached hydrogens (tertiary/aromatic N) is 1. The highest BCUT2D eigenvalue weighted by Gasteiger charge is 2.43. The Balaban J connectivity index is 2.49. The van der Waals surface area contributed by atoms with Gasteiger partial charge in [-0.15, -0.1) is 0 Å². The highest BCUT2D eigenvalue weighted by Crippen LogP contribution is 2.40. The lowest BCUT2D eigenvalue weighted by Crippen LogP contribution is -2.32. The van der Waals surface area contributed by atoms with Crippen molar-refractivity contribution in [3.63, 3.8) is 0 Å². The smallest absolute Gasteiger partial charge is 0.290 e. The number of aryl methyl sites for hydroxylation is 1. The monoisotopic (exact) mass is 329 g/mol. The van der Waals surface area contributed by atoms with Gasteiger partial charge in [0, 0.05) is 12.5 Å². The lowest BCUT2D eigenvalue weighted by molar-refractivity contribution is -0.129. The fraction of sp³-hybridized carbons (Fsp3) is 0.500. The zero-order chi connectivity index (χ0) is 17.9. The van der Waals surface area contributed by atoms with Crippen molar-refractivity contribution in [3.05, 3.63) is 46.7 Å². The number of ketones is 1. The average molecular weight is 329 g/mol. The Kier molecular flexibility index (Phi) is 5.81. The lowest BCUT2D eigenvalue weighted by atomic mass is 9.89. The molecule has 4 nitrogen and oxygen atoms in total. The van der Waals surface area contributed by atoms with Crippen molar-refractivity contribution in [2.24, 2.45) is 5.92 Å². The molecule has 0 saturated heterocycles. The summed E-state index contributed by atoms with van der Waals surface area (Å²) in [6, 6.07) is 7.27. The van der Waals surface area contributed by atoms with Gasteiger partial charge >= 0.3 is 0 Å². The number of Topliss-reactive ketones (excluding diaryl/α,β-unsaturated/α-hetero) is 1. The normalized spacial score (nSPS) is 18.0. The topological polar surface area (TPSA) is 57.6 Å². The Morgan fingerprint density at radius 1 is 1.25 bits per heavy atom. The molecule has 0 aliphatic carbocycles. The van der Waals surface area contributed by atoms with Crippen LogP contribution in [0.15, 0.2) is 35.6 Å². The van der Waals surface area contributed by atoms with Gasteiger partial charge in [-0.2, -0.15) is 0 Å². The van der Waals surface area contributed by atoms with E-state index in [0.29, 0.717) is 6.54 Å². The van der Waals surface area contributed by atoms with Crippen LogP contribution in [0.1, 0.15) is 57.2 Å². The molecule has 1 amide bonds.